The summed E-state index contributed by atoms with van der Waals surface area (Å²) in [6.45, 7) is 0. The molecule has 0 fully saturated rings. The summed E-state index contributed by atoms with van der Waals surface area (Å²) in [6.07, 6.45) is -8.97. The highest BCUT2D eigenvalue weighted by Gasteiger charge is 2.39. The Kier molecular flexibility index (Phi) is 5.86. The minimum Gasteiger partial charge on any atom is -0.207 e. The Morgan fingerprint density at radius 1 is 0.871 bits per heavy atom. The highest BCUT2D eigenvalue weighted by atomic mass is 32.2. The quantitative estimate of drug-likeness (QED) is 0.353. The highest BCUT2D eigenvalue weighted by Crippen LogP contribution is 2.38. The van der Waals surface area contributed by atoms with E-state index in [2.05, 4.69) is 5.10 Å². The maximum atomic E-state index is 13.1. The van der Waals surface area contributed by atoms with E-state index in [1.54, 1.807) is 0 Å². The van der Waals surface area contributed by atoms with Gasteiger partial charge < -0.3 is 0 Å². The lowest BCUT2D eigenvalue weighted by molar-refractivity contribution is -0.143. The van der Waals surface area contributed by atoms with Gasteiger partial charge in [-0.3, -0.25) is 0 Å². The van der Waals surface area contributed by atoms with Crippen molar-refractivity contribution < 1.29 is 39.2 Å². The van der Waals surface area contributed by atoms with Crippen molar-refractivity contribution in [3.63, 3.8) is 0 Å². The monoisotopic (exact) mass is 484 g/mol. The number of alkyl halides is 6. The fourth-order valence-electron chi connectivity index (χ4n) is 2.59. The largest absolute Gasteiger partial charge is 0.416 e. The fraction of sp³-hybridized carbons (Fsp3) is 0.167. The van der Waals surface area contributed by atoms with Crippen molar-refractivity contribution in [3.05, 3.63) is 65.5 Å². The first-order valence-corrected chi connectivity index (χ1v) is 10.8. The van der Waals surface area contributed by atoms with Crippen LogP contribution in [-0.4, -0.2) is 23.9 Å². The van der Waals surface area contributed by atoms with Gasteiger partial charge in [0.2, 0.25) is 0 Å². The van der Waals surface area contributed by atoms with E-state index in [0.717, 1.165) is 23.9 Å². The summed E-state index contributed by atoms with van der Waals surface area (Å²) < 4.78 is 118. The Bertz CT molecular complexity index is 1180. The van der Waals surface area contributed by atoms with Crippen molar-refractivity contribution in [2.75, 3.05) is 6.26 Å². The first-order chi connectivity index (χ1) is 14.2. The van der Waals surface area contributed by atoms with Gasteiger partial charge in [-0.05, 0) is 54.8 Å². The van der Waals surface area contributed by atoms with Gasteiger partial charge in [-0.25, -0.2) is 4.39 Å². The van der Waals surface area contributed by atoms with E-state index < -0.39 is 44.2 Å². The standard InChI is InChI=1S/C18H11F7N2O2S2/c1-30-16-9-15(10-2-4-13(19)5-3-10)26-27(16)31(28,29)14-7-11(17(20,21)22)6-12(8-14)18(23,24)25/h2-9H,1H3. The van der Waals surface area contributed by atoms with Crippen LogP contribution in [-0.2, 0) is 22.4 Å². The van der Waals surface area contributed by atoms with Crippen molar-refractivity contribution in [3.8, 4) is 11.3 Å². The van der Waals surface area contributed by atoms with Crippen molar-refractivity contribution in [1.82, 2.24) is 9.19 Å². The summed E-state index contributed by atoms with van der Waals surface area (Å²) in [7, 11) is -4.93. The zero-order chi connectivity index (χ0) is 23.2. The van der Waals surface area contributed by atoms with Crippen LogP contribution >= 0.6 is 11.8 Å². The maximum Gasteiger partial charge on any atom is 0.416 e. The van der Waals surface area contributed by atoms with Gasteiger partial charge in [-0.15, -0.1) is 15.8 Å². The van der Waals surface area contributed by atoms with Crippen molar-refractivity contribution >= 4 is 21.8 Å². The van der Waals surface area contributed by atoms with Gasteiger partial charge in [-0.1, -0.05) is 0 Å². The molecule has 0 aliphatic rings. The summed E-state index contributed by atoms with van der Waals surface area (Å²) in [5.74, 6) is -0.565. The predicted molar refractivity (Wildman–Crippen MR) is 98.4 cm³/mol. The van der Waals surface area contributed by atoms with E-state index in [1.165, 1.54) is 24.5 Å². The first kappa shape index (κ1) is 23.1. The number of thioether (sulfide) groups is 1. The third-order valence-electron chi connectivity index (χ3n) is 4.08. The van der Waals surface area contributed by atoms with Crippen LogP contribution in [0.3, 0.4) is 0 Å². The van der Waals surface area contributed by atoms with E-state index in [9.17, 15) is 39.2 Å². The van der Waals surface area contributed by atoms with E-state index >= 15 is 0 Å². The minimum absolute atomic E-state index is 0.0379. The van der Waals surface area contributed by atoms with Crippen LogP contribution in [0, 0.1) is 5.82 Å². The second-order valence-corrected chi connectivity index (χ2v) is 8.76. The molecule has 0 aliphatic heterocycles. The molecule has 4 nitrogen and oxygen atoms in total. The van der Waals surface area contributed by atoms with Crippen LogP contribution in [0.4, 0.5) is 30.7 Å². The SMILES string of the molecule is CSc1cc(-c2ccc(F)cc2)nn1S(=O)(=O)c1cc(C(F)(F)F)cc(C(F)(F)F)c1. The summed E-state index contributed by atoms with van der Waals surface area (Å²) in [6, 6.07) is 6.11. The Hall–Kier alpha value is -2.54. The molecule has 0 atom stereocenters. The molecule has 1 aromatic heterocycles. The molecule has 0 saturated carbocycles. The van der Waals surface area contributed by atoms with Gasteiger partial charge >= 0.3 is 12.4 Å². The number of hydrogen-bond acceptors (Lipinski definition) is 4. The van der Waals surface area contributed by atoms with Gasteiger partial charge in [0.1, 0.15) is 10.8 Å². The smallest absolute Gasteiger partial charge is 0.207 e. The van der Waals surface area contributed by atoms with Gasteiger partial charge in [0.15, 0.2) is 0 Å². The summed E-state index contributed by atoms with van der Waals surface area (Å²) in [4.78, 5) is -1.22. The van der Waals surface area contributed by atoms with Crippen LogP contribution in [0.5, 0.6) is 0 Å². The van der Waals surface area contributed by atoms with Crippen molar-refractivity contribution in [2.45, 2.75) is 22.3 Å². The first-order valence-electron chi connectivity index (χ1n) is 8.18. The number of nitrogens with zero attached hydrogens (tertiary/aromatic N) is 2. The average molecular weight is 484 g/mol. The van der Waals surface area contributed by atoms with Crippen LogP contribution in [0.2, 0.25) is 0 Å². The van der Waals surface area contributed by atoms with Crippen molar-refractivity contribution in [1.29, 1.82) is 0 Å². The van der Waals surface area contributed by atoms with Gasteiger partial charge in [0.25, 0.3) is 10.0 Å². The lowest BCUT2D eigenvalue weighted by Crippen LogP contribution is -2.19. The molecule has 0 spiro atoms. The van der Waals surface area contributed by atoms with Crippen LogP contribution in [0.1, 0.15) is 11.1 Å². The molecule has 0 bridgehead atoms. The molecule has 0 radical (unpaired) electrons. The molecule has 0 N–H and O–H groups in total. The number of rotatable bonds is 4. The molecule has 13 heteroatoms. The molecule has 0 amide bonds. The molecular formula is C18H11F7N2O2S2. The van der Waals surface area contributed by atoms with Gasteiger partial charge in [0.05, 0.1) is 21.7 Å². The van der Waals surface area contributed by atoms with Crippen molar-refractivity contribution in [2.24, 2.45) is 0 Å². The molecule has 3 aromatic rings. The second kappa shape index (κ2) is 7.86. The Morgan fingerprint density at radius 2 is 1.39 bits per heavy atom. The second-order valence-electron chi connectivity index (χ2n) is 6.17. The van der Waals surface area contributed by atoms with E-state index in [-0.39, 0.29) is 28.9 Å². The molecule has 0 aliphatic carbocycles. The Balaban J connectivity index is 2.21. The van der Waals surface area contributed by atoms with E-state index in [0.29, 0.717) is 9.65 Å². The van der Waals surface area contributed by atoms with Crippen LogP contribution in [0.15, 0.2) is 58.5 Å². The zero-order valence-electron chi connectivity index (χ0n) is 15.3. The molecule has 3 rings (SSSR count). The molecule has 1 heterocycles. The molecule has 0 unspecified atom stereocenters. The summed E-state index contributed by atoms with van der Waals surface area (Å²) in [5, 5.41) is 3.77. The molecule has 2 aromatic carbocycles. The summed E-state index contributed by atoms with van der Waals surface area (Å²) in [5.41, 5.74) is -3.20. The maximum absolute atomic E-state index is 13.1. The highest BCUT2D eigenvalue weighted by molar-refractivity contribution is 7.99. The van der Waals surface area contributed by atoms with E-state index in [4.69, 9.17) is 0 Å². The number of aromatic nitrogens is 2. The fourth-order valence-corrected chi connectivity index (χ4v) is 4.78. The molecular weight excluding hydrogens is 473 g/mol. The molecule has 31 heavy (non-hydrogen) atoms. The lowest BCUT2D eigenvalue weighted by atomic mass is 10.1. The van der Waals surface area contributed by atoms with Gasteiger partial charge in [-0.2, -0.15) is 39.9 Å². The minimum atomic E-state index is -5.21. The average Bonchev–Trinajstić information content (AvgIpc) is 3.12. The Morgan fingerprint density at radius 3 is 1.84 bits per heavy atom. The summed E-state index contributed by atoms with van der Waals surface area (Å²) >= 11 is 0.858. The zero-order valence-corrected chi connectivity index (χ0v) is 16.9. The number of halogens is 7. The van der Waals surface area contributed by atoms with E-state index in [1.807, 2.05) is 0 Å². The molecule has 166 valence electrons. The van der Waals surface area contributed by atoms with Crippen LogP contribution in [0.25, 0.3) is 11.3 Å². The topological polar surface area (TPSA) is 52.0 Å². The normalized spacial score (nSPS) is 12.9. The molecule has 0 saturated heterocycles. The third kappa shape index (κ3) is 4.71. The lowest BCUT2D eigenvalue weighted by Gasteiger charge is -2.15. The predicted octanol–water partition coefficient (Wildman–Crippen LogP) is 5.69. The third-order valence-corrected chi connectivity index (χ3v) is 6.47. The van der Waals surface area contributed by atoms with Crippen LogP contribution < -0.4 is 0 Å². The number of benzene rings is 2. The number of hydrogen-bond donors (Lipinski definition) is 0. The van der Waals surface area contributed by atoms with Gasteiger partial charge in [0, 0.05) is 5.56 Å². The Labute approximate surface area is 175 Å².